The van der Waals surface area contributed by atoms with Gasteiger partial charge in [0, 0.05) is 24.1 Å². The lowest BCUT2D eigenvalue weighted by Crippen LogP contribution is -2.27. The van der Waals surface area contributed by atoms with Crippen molar-refractivity contribution in [1.82, 2.24) is 5.32 Å². The van der Waals surface area contributed by atoms with Crippen LogP contribution in [0.15, 0.2) is 41.0 Å². The molecule has 1 heterocycles. The van der Waals surface area contributed by atoms with Crippen LogP contribution in [0.5, 0.6) is 5.75 Å². The molecule has 0 saturated heterocycles. The van der Waals surface area contributed by atoms with Gasteiger partial charge in [-0.1, -0.05) is 12.1 Å². The average molecular weight is 257 g/mol. The molecule has 1 aromatic heterocycles. The molecular weight excluding hydrogens is 238 g/mol. The molecule has 2 unspecified atom stereocenters. The lowest BCUT2D eigenvalue weighted by atomic mass is 9.92. The van der Waals surface area contributed by atoms with Gasteiger partial charge in [0.15, 0.2) is 0 Å². The molecule has 2 aromatic rings. The molecule has 3 rings (SSSR count). The minimum absolute atomic E-state index is 0.256. The second-order valence-electron chi connectivity index (χ2n) is 5.22. The number of hydrogen-bond acceptors (Lipinski definition) is 3. The lowest BCUT2D eigenvalue weighted by molar-refractivity contribution is 0.385. The topological polar surface area (TPSA) is 45.4 Å². The van der Waals surface area contributed by atoms with Crippen LogP contribution < -0.4 is 5.32 Å². The van der Waals surface area contributed by atoms with Gasteiger partial charge in [-0.05, 0) is 43.5 Å². The summed E-state index contributed by atoms with van der Waals surface area (Å²) < 4.78 is 5.52. The minimum atomic E-state index is 0.256. The summed E-state index contributed by atoms with van der Waals surface area (Å²) in [5, 5.41) is 13.0. The predicted molar refractivity (Wildman–Crippen MR) is 74.0 cm³/mol. The molecule has 2 N–H and O–H groups in total. The van der Waals surface area contributed by atoms with Gasteiger partial charge >= 0.3 is 0 Å². The number of hydrogen-bond donors (Lipinski definition) is 2. The first-order valence-electron chi connectivity index (χ1n) is 6.85. The molecule has 0 amide bonds. The van der Waals surface area contributed by atoms with Gasteiger partial charge in [0.1, 0.15) is 11.5 Å². The van der Waals surface area contributed by atoms with Crippen molar-refractivity contribution < 1.29 is 9.52 Å². The van der Waals surface area contributed by atoms with E-state index in [1.807, 2.05) is 12.1 Å². The zero-order chi connectivity index (χ0) is 13.2. The van der Waals surface area contributed by atoms with Crippen molar-refractivity contribution >= 4 is 0 Å². The van der Waals surface area contributed by atoms with Gasteiger partial charge in [0.25, 0.3) is 0 Å². The summed E-state index contributed by atoms with van der Waals surface area (Å²) in [6.07, 6.45) is 5.15. The summed E-state index contributed by atoms with van der Waals surface area (Å²) in [6, 6.07) is 10.1. The summed E-state index contributed by atoms with van der Waals surface area (Å²) in [7, 11) is 0. The van der Waals surface area contributed by atoms with Crippen LogP contribution in [0.25, 0.3) is 0 Å². The molecule has 1 aromatic carbocycles. The number of phenols is 1. The fourth-order valence-corrected chi connectivity index (χ4v) is 2.82. The molecule has 0 bridgehead atoms. The Hall–Kier alpha value is -1.74. The molecule has 19 heavy (non-hydrogen) atoms. The fourth-order valence-electron chi connectivity index (χ4n) is 2.82. The molecule has 100 valence electrons. The van der Waals surface area contributed by atoms with Gasteiger partial charge in [-0.15, -0.1) is 0 Å². The van der Waals surface area contributed by atoms with Crippen LogP contribution in [0.2, 0.25) is 0 Å². The summed E-state index contributed by atoms with van der Waals surface area (Å²) in [5.74, 6) is 1.44. The number of benzene rings is 1. The van der Waals surface area contributed by atoms with Crippen molar-refractivity contribution in [2.24, 2.45) is 0 Å². The molecule has 1 aliphatic carbocycles. The second kappa shape index (κ2) is 5.10. The van der Waals surface area contributed by atoms with Crippen LogP contribution in [0.3, 0.4) is 0 Å². The van der Waals surface area contributed by atoms with E-state index in [4.69, 9.17) is 4.42 Å². The van der Waals surface area contributed by atoms with Crippen LogP contribution in [0.4, 0.5) is 0 Å². The first kappa shape index (κ1) is 12.3. The average Bonchev–Trinajstić information content (AvgIpc) is 2.89. The molecule has 1 aliphatic rings. The van der Waals surface area contributed by atoms with E-state index < -0.39 is 0 Å². The second-order valence-corrected chi connectivity index (χ2v) is 5.22. The third-order valence-corrected chi connectivity index (χ3v) is 3.90. The van der Waals surface area contributed by atoms with Crippen molar-refractivity contribution in [3.63, 3.8) is 0 Å². The van der Waals surface area contributed by atoms with E-state index in [1.165, 1.54) is 17.5 Å². The van der Waals surface area contributed by atoms with Crippen LogP contribution in [-0.4, -0.2) is 5.11 Å². The zero-order valence-corrected chi connectivity index (χ0v) is 11.1. The summed E-state index contributed by atoms with van der Waals surface area (Å²) in [6.45, 7) is 2.15. The van der Waals surface area contributed by atoms with Gasteiger partial charge in [0.2, 0.25) is 0 Å². The van der Waals surface area contributed by atoms with E-state index in [0.29, 0.717) is 11.8 Å². The smallest absolute Gasteiger partial charge is 0.115 e. The number of nitrogens with one attached hydrogen (secondary N) is 1. The number of phenolic OH excluding ortho intramolecular Hbond substituents is 1. The van der Waals surface area contributed by atoms with E-state index >= 15 is 0 Å². The van der Waals surface area contributed by atoms with Crippen LogP contribution in [0.1, 0.15) is 48.7 Å². The number of rotatable bonds is 3. The van der Waals surface area contributed by atoms with Gasteiger partial charge in [0.05, 0.1) is 6.26 Å². The van der Waals surface area contributed by atoms with Crippen molar-refractivity contribution in [1.29, 1.82) is 0 Å². The van der Waals surface area contributed by atoms with E-state index in [0.717, 1.165) is 18.6 Å². The summed E-state index contributed by atoms with van der Waals surface area (Å²) in [4.78, 5) is 0. The molecule has 3 nitrogen and oxygen atoms in total. The normalized spacial score (nSPS) is 19.9. The number of furan rings is 1. The molecule has 0 radical (unpaired) electrons. The van der Waals surface area contributed by atoms with Crippen molar-refractivity contribution in [3.8, 4) is 5.75 Å². The summed E-state index contributed by atoms with van der Waals surface area (Å²) in [5.41, 5.74) is 2.49. The Morgan fingerprint density at radius 2 is 2.05 bits per heavy atom. The highest BCUT2D eigenvalue weighted by Gasteiger charge is 2.23. The molecule has 0 aliphatic heterocycles. The maximum absolute atomic E-state index is 9.33. The predicted octanol–water partition coefficient (Wildman–Crippen LogP) is 3.71. The third-order valence-electron chi connectivity index (χ3n) is 3.90. The highest BCUT2D eigenvalue weighted by atomic mass is 16.3. The van der Waals surface area contributed by atoms with Crippen LogP contribution in [0, 0.1) is 0 Å². The van der Waals surface area contributed by atoms with Crippen LogP contribution in [-0.2, 0) is 6.42 Å². The first-order chi connectivity index (χ1) is 9.24. The van der Waals surface area contributed by atoms with Crippen molar-refractivity contribution in [2.75, 3.05) is 0 Å². The minimum Gasteiger partial charge on any atom is -0.508 e. The Morgan fingerprint density at radius 3 is 2.84 bits per heavy atom. The van der Waals surface area contributed by atoms with Gasteiger partial charge in [-0.3, -0.25) is 0 Å². The van der Waals surface area contributed by atoms with E-state index in [-0.39, 0.29) is 6.04 Å². The van der Waals surface area contributed by atoms with Crippen molar-refractivity contribution in [2.45, 2.75) is 38.3 Å². The molecule has 3 heteroatoms. The Morgan fingerprint density at radius 1 is 1.26 bits per heavy atom. The SMILES string of the molecule is CC(NC1CCCc2occc21)c1ccc(O)cc1. The third kappa shape index (κ3) is 2.51. The quantitative estimate of drug-likeness (QED) is 0.881. The van der Waals surface area contributed by atoms with Gasteiger partial charge < -0.3 is 14.8 Å². The highest BCUT2D eigenvalue weighted by Crippen LogP contribution is 2.32. The maximum Gasteiger partial charge on any atom is 0.115 e. The molecule has 0 saturated carbocycles. The Bertz CT molecular complexity index is 544. The molecule has 0 fully saturated rings. The lowest BCUT2D eigenvalue weighted by Gasteiger charge is -2.26. The molecular formula is C16H19NO2. The molecule has 2 atom stereocenters. The zero-order valence-electron chi connectivity index (χ0n) is 11.1. The van der Waals surface area contributed by atoms with E-state index in [2.05, 4.69) is 18.3 Å². The van der Waals surface area contributed by atoms with E-state index in [9.17, 15) is 5.11 Å². The Balaban J connectivity index is 1.74. The largest absolute Gasteiger partial charge is 0.508 e. The fraction of sp³-hybridized carbons (Fsp3) is 0.375. The summed E-state index contributed by atoms with van der Waals surface area (Å²) >= 11 is 0. The van der Waals surface area contributed by atoms with Gasteiger partial charge in [-0.25, -0.2) is 0 Å². The van der Waals surface area contributed by atoms with Gasteiger partial charge in [-0.2, -0.15) is 0 Å². The highest BCUT2D eigenvalue weighted by molar-refractivity contribution is 5.29. The number of fused-ring (bicyclic) bond motifs is 1. The van der Waals surface area contributed by atoms with E-state index in [1.54, 1.807) is 18.4 Å². The monoisotopic (exact) mass is 257 g/mol. The van der Waals surface area contributed by atoms with Crippen LogP contribution >= 0.6 is 0 Å². The first-order valence-corrected chi connectivity index (χ1v) is 6.85. The Kier molecular flexibility index (Phi) is 3.30. The standard InChI is InChI=1S/C16H19NO2/c1-11(12-5-7-13(18)8-6-12)17-15-3-2-4-16-14(15)9-10-19-16/h5-11,15,17-18H,2-4H2,1H3. The number of aromatic hydroxyl groups is 1. The maximum atomic E-state index is 9.33. The molecule has 0 spiro atoms. The number of aryl methyl sites for hydroxylation is 1. The van der Waals surface area contributed by atoms with Crippen molar-refractivity contribution in [3.05, 3.63) is 53.5 Å². The Labute approximate surface area is 113 Å².